The number of non-ortho nitro benzene ring substituents is 1. The average Bonchev–Trinajstić information content (AvgIpc) is 3.20. The Hall–Kier alpha value is -4.28. The zero-order valence-corrected chi connectivity index (χ0v) is 19.6. The van der Waals surface area contributed by atoms with Crippen LogP contribution in [-0.2, 0) is 0 Å². The molecule has 1 heterocycles. The minimum Gasteiger partial charge on any atom is -0.497 e. The van der Waals surface area contributed by atoms with E-state index in [1.807, 2.05) is 0 Å². The molecule has 0 aliphatic rings. The van der Waals surface area contributed by atoms with Gasteiger partial charge in [0.05, 0.1) is 23.3 Å². The molecule has 0 fully saturated rings. The Morgan fingerprint density at radius 1 is 1.06 bits per heavy atom. The standard InChI is InChI=1S/C24H16ClN3O6S/c1-33-18-10-11-19-20(12-18)35-22(21(19)25)24(30)34-17-8-2-14(3-9-17)13-26-27-23(29)15-4-6-16(7-5-15)28(31)32/h2-13H,1H3,(H,27,29)/b26-13-. The summed E-state index contributed by atoms with van der Waals surface area (Å²) in [5, 5.41) is 15.6. The number of amides is 1. The van der Waals surface area contributed by atoms with E-state index < -0.39 is 16.8 Å². The molecule has 0 unspecified atom stereocenters. The average molecular weight is 510 g/mol. The molecular formula is C24H16ClN3O6S. The topological polar surface area (TPSA) is 120 Å². The summed E-state index contributed by atoms with van der Waals surface area (Å²) in [5.74, 6) is -0.115. The van der Waals surface area contributed by atoms with Crippen LogP contribution in [0.4, 0.5) is 5.69 Å². The number of nitrogens with one attached hydrogen (secondary N) is 1. The summed E-state index contributed by atoms with van der Waals surface area (Å²) in [6.45, 7) is 0. The summed E-state index contributed by atoms with van der Waals surface area (Å²) in [5.41, 5.74) is 3.10. The van der Waals surface area contributed by atoms with Gasteiger partial charge in [-0.1, -0.05) is 11.6 Å². The number of nitrogens with zero attached hydrogens (tertiary/aromatic N) is 2. The van der Waals surface area contributed by atoms with Gasteiger partial charge in [-0.15, -0.1) is 11.3 Å². The van der Waals surface area contributed by atoms with Crippen molar-refractivity contribution in [1.29, 1.82) is 0 Å². The lowest BCUT2D eigenvalue weighted by Gasteiger charge is -2.03. The van der Waals surface area contributed by atoms with E-state index in [1.54, 1.807) is 49.6 Å². The Labute approximate surface area is 207 Å². The first kappa shape index (κ1) is 23.9. The van der Waals surface area contributed by atoms with Crippen LogP contribution in [0.5, 0.6) is 11.5 Å². The highest BCUT2D eigenvalue weighted by Crippen LogP contribution is 2.37. The van der Waals surface area contributed by atoms with Gasteiger partial charge < -0.3 is 9.47 Å². The third kappa shape index (κ3) is 5.45. The zero-order chi connectivity index (χ0) is 24.9. The number of methoxy groups -OCH3 is 1. The molecule has 1 N–H and O–H groups in total. The van der Waals surface area contributed by atoms with Crippen LogP contribution in [0, 0.1) is 10.1 Å². The van der Waals surface area contributed by atoms with Gasteiger partial charge >= 0.3 is 5.97 Å². The number of benzene rings is 3. The van der Waals surface area contributed by atoms with Crippen LogP contribution in [0.15, 0.2) is 71.8 Å². The maximum atomic E-state index is 12.6. The largest absolute Gasteiger partial charge is 0.497 e. The first-order valence-corrected chi connectivity index (χ1v) is 11.2. The van der Waals surface area contributed by atoms with Gasteiger partial charge in [0.25, 0.3) is 11.6 Å². The lowest BCUT2D eigenvalue weighted by atomic mass is 10.2. The molecule has 0 radical (unpaired) electrons. The van der Waals surface area contributed by atoms with E-state index in [0.29, 0.717) is 22.1 Å². The summed E-state index contributed by atoms with van der Waals surface area (Å²) in [6.07, 6.45) is 1.41. The number of hydrogen-bond acceptors (Lipinski definition) is 8. The van der Waals surface area contributed by atoms with Crippen molar-refractivity contribution in [2.24, 2.45) is 5.10 Å². The number of fused-ring (bicyclic) bond motifs is 1. The Morgan fingerprint density at radius 2 is 1.74 bits per heavy atom. The maximum Gasteiger partial charge on any atom is 0.355 e. The van der Waals surface area contributed by atoms with Crippen LogP contribution < -0.4 is 14.9 Å². The third-order valence-electron chi connectivity index (χ3n) is 4.83. The van der Waals surface area contributed by atoms with Gasteiger partial charge in [0.1, 0.15) is 16.4 Å². The van der Waals surface area contributed by atoms with Crippen molar-refractivity contribution in [3.8, 4) is 11.5 Å². The van der Waals surface area contributed by atoms with E-state index in [1.165, 1.54) is 41.8 Å². The molecule has 1 aromatic heterocycles. The number of ether oxygens (including phenoxy) is 2. The first-order valence-electron chi connectivity index (χ1n) is 10.0. The van der Waals surface area contributed by atoms with Crippen molar-refractivity contribution in [2.75, 3.05) is 7.11 Å². The van der Waals surface area contributed by atoms with Gasteiger partial charge in [-0.05, 0) is 60.2 Å². The number of halogens is 1. The number of nitro groups is 1. The van der Waals surface area contributed by atoms with Gasteiger partial charge in [0.15, 0.2) is 0 Å². The molecule has 0 atom stereocenters. The molecule has 0 spiro atoms. The minimum absolute atomic E-state index is 0.110. The fraction of sp³-hybridized carbons (Fsp3) is 0.0417. The van der Waals surface area contributed by atoms with Gasteiger partial charge in [-0.3, -0.25) is 14.9 Å². The van der Waals surface area contributed by atoms with Crippen LogP contribution in [0.3, 0.4) is 0 Å². The highest BCUT2D eigenvalue weighted by atomic mass is 35.5. The van der Waals surface area contributed by atoms with E-state index >= 15 is 0 Å². The lowest BCUT2D eigenvalue weighted by Crippen LogP contribution is -2.17. The van der Waals surface area contributed by atoms with Gasteiger partial charge in [0, 0.05) is 27.8 Å². The highest BCUT2D eigenvalue weighted by Gasteiger charge is 2.19. The molecule has 0 bridgehead atoms. The molecule has 0 saturated carbocycles. The Morgan fingerprint density at radius 3 is 2.40 bits per heavy atom. The molecular weight excluding hydrogens is 494 g/mol. The number of hydrazone groups is 1. The van der Waals surface area contributed by atoms with E-state index in [4.69, 9.17) is 21.1 Å². The number of hydrogen-bond donors (Lipinski definition) is 1. The van der Waals surface area contributed by atoms with Crippen molar-refractivity contribution in [3.05, 3.63) is 97.9 Å². The second-order valence-electron chi connectivity index (χ2n) is 7.07. The lowest BCUT2D eigenvalue weighted by molar-refractivity contribution is -0.384. The van der Waals surface area contributed by atoms with Crippen molar-refractivity contribution < 1.29 is 24.0 Å². The molecule has 4 rings (SSSR count). The fourth-order valence-electron chi connectivity index (χ4n) is 3.04. The van der Waals surface area contributed by atoms with Crippen LogP contribution in [0.25, 0.3) is 10.1 Å². The molecule has 1 amide bonds. The smallest absolute Gasteiger partial charge is 0.355 e. The van der Waals surface area contributed by atoms with E-state index in [-0.39, 0.29) is 16.1 Å². The number of esters is 1. The second kappa shape index (κ2) is 10.3. The van der Waals surface area contributed by atoms with Crippen molar-refractivity contribution >= 4 is 56.8 Å². The third-order valence-corrected chi connectivity index (χ3v) is 6.47. The number of carbonyl (C=O) groups is 2. The quantitative estimate of drug-likeness (QED) is 0.116. The fourth-order valence-corrected chi connectivity index (χ4v) is 4.46. The Kier molecular flexibility index (Phi) is 7.04. The summed E-state index contributed by atoms with van der Waals surface area (Å²) in [6, 6.07) is 17.0. The molecule has 176 valence electrons. The summed E-state index contributed by atoms with van der Waals surface area (Å²) < 4.78 is 11.5. The minimum atomic E-state index is -0.577. The molecule has 0 aliphatic carbocycles. The number of nitro benzene ring substituents is 1. The van der Waals surface area contributed by atoms with Crippen molar-refractivity contribution in [1.82, 2.24) is 5.43 Å². The van der Waals surface area contributed by atoms with Gasteiger partial charge in [-0.25, -0.2) is 10.2 Å². The zero-order valence-electron chi connectivity index (χ0n) is 18.1. The Bertz CT molecular complexity index is 1450. The van der Waals surface area contributed by atoms with Gasteiger partial charge in [0.2, 0.25) is 0 Å². The molecule has 11 heteroatoms. The molecule has 35 heavy (non-hydrogen) atoms. The normalized spacial score (nSPS) is 10.9. The molecule has 0 saturated heterocycles. The molecule has 9 nitrogen and oxygen atoms in total. The predicted octanol–water partition coefficient (Wildman–Crippen LogP) is 5.45. The SMILES string of the molecule is COc1ccc2c(Cl)c(C(=O)Oc3ccc(/C=N\NC(=O)c4ccc([N+](=O)[O-])cc4)cc3)sc2c1. The highest BCUT2D eigenvalue weighted by molar-refractivity contribution is 7.21. The molecule has 4 aromatic rings. The van der Waals surface area contributed by atoms with Crippen molar-refractivity contribution in [3.63, 3.8) is 0 Å². The van der Waals surface area contributed by atoms with Gasteiger partial charge in [-0.2, -0.15) is 5.10 Å². The van der Waals surface area contributed by atoms with E-state index in [9.17, 15) is 19.7 Å². The van der Waals surface area contributed by atoms with E-state index in [0.717, 1.165) is 10.1 Å². The predicted molar refractivity (Wildman–Crippen MR) is 133 cm³/mol. The molecule has 3 aromatic carbocycles. The van der Waals surface area contributed by atoms with Crippen LogP contribution in [0.1, 0.15) is 25.6 Å². The number of rotatable bonds is 7. The van der Waals surface area contributed by atoms with Crippen LogP contribution in [0.2, 0.25) is 5.02 Å². The molecule has 0 aliphatic heterocycles. The van der Waals surface area contributed by atoms with Crippen LogP contribution in [-0.4, -0.2) is 30.1 Å². The Balaban J connectivity index is 1.37. The summed E-state index contributed by atoms with van der Waals surface area (Å²) in [4.78, 5) is 35.2. The van der Waals surface area contributed by atoms with E-state index in [2.05, 4.69) is 10.5 Å². The number of thiophene rings is 1. The monoisotopic (exact) mass is 509 g/mol. The number of carbonyl (C=O) groups excluding carboxylic acids is 2. The summed E-state index contributed by atoms with van der Waals surface area (Å²) >= 11 is 7.59. The second-order valence-corrected chi connectivity index (χ2v) is 8.50. The van der Waals surface area contributed by atoms with Crippen molar-refractivity contribution in [2.45, 2.75) is 0 Å². The summed E-state index contributed by atoms with van der Waals surface area (Å²) in [7, 11) is 1.56. The maximum absolute atomic E-state index is 12.6. The first-order chi connectivity index (χ1) is 16.9. The van der Waals surface area contributed by atoms with Crippen LogP contribution >= 0.6 is 22.9 Å².